The molecule has 1 aromatic heterocycles. The monoisotopic (exact) mass is 253 g/mol. The van der Waals surface area contributed by atoms with E-state index in [1.807, 2.05) is 6.20 Å². The first-order valence-corrected chi connectivity index (χ1v) is 7.27. The van der Waals surface area contributed by atoms with Crippen LogP contribution >= 0.6 is 11.8 Å². The van der Waals surface area contributed by atoms with E-state index in [1.165, 1.54) is 26.9 Å². The minimum atomic E-state index is 0.979. The third-order valence-electron chi connectivity index (χ3n) is 3.23. The molecule has 0 aliphatic rings. The molecule has 1 heterocycles. The first-order valence-electron chi connectivity index (χ1n) is 6.05. The first kappa shape index (κ1) is 11.4. The van der Waals surface area contributed by atoms with Crippen molar-refractivity contribution < 1.29 is 0 Å². The lowest BCUT2D eigenvalue weighted by atomic mass is 10.0. The van der Waals surface area contributed by atoms with Crippen LogP contribution in [-0.2, 0) is 6.42 Å². The Hall–Kier alpha value is -1.67. The molecule has 0 bridgehead atoms. The van der Waals surface area contributed by atoms with Crippen LogP contribution in [0, 0.1) is 0 Å². The van der Waals surface area contributed by atoms with E-state index in [2.05, 4.69) is 59.8 Å². The molecule has 0 radical (unpaired) electrons. The second-order valence-electron chi connectivity index (χ2n) is 4.38. The molecule has 1 N–H and O–H groups in total. The van der Waals surface area contributed by atoms with E-state index in [0.717, 1.165) is 6.42 Å². The Labute approximate surface area is 111 Å². The molecule has 2 heteroatoms. The molecule has 0 aliphatic carbocycles. The highest BCUT2D eigenvalue weighted by atomic mass is 32.2. The largest absolute Gasteiger partial charge is 0.361 e. The second-order valence-corrected chi connectivity index (χ2v) is 5.26. The number of H-pyrrole nitrogens is 1. The van der Waals surface area contributed by atoms with Gasteiger partial charge in [0.15, 0.2) is 0 Å². The average molecular weight is 253 g/mol. The predicted octanol–water partition coefficient (Wildman–Crippen LogP) is 4.48. The fourth-order valence-electron chi connectivity index (χ4n) is 2.26. The van der Waals surface area contributed by atoms with Crippen molar-refractivity contribution >= 4 is 22.7 Å². The number of thioether (sulfide) groups is 1. The molecule has 0 amide bonds. The third kappa shape index (κ3) is 2.16. The van der Waals surface area contributed by atoms with Gasteiger partial charge in [0.25, 0.3) is 0 Å². The molecule has 3 aromatic rings. The van der Waals surface area contributed by atoms with Crippen molar-refractivity contribution in [3.63, 3.8) is 0 Å². The van der Waals surface area contributed by atoms with Crippen molar-refractivity contribution in [3.8, 4) is 0 Å². The molecule has 90 valence electrons. The Kier molecular flexibility index (Phi) is 3.11. The van der Waals surface area contributed by atoms with E-state index in [-0.39, 0.29) is 0 Å². The number of hydrogen-bond acceptors (Lipinski definition) is 1. The minimum absolute atomic E-state index is 0.979. The predicted molar refractivity (Wildman–Crippen MR) is 79.3 cm³/mol. The summed E-state index contributed by atoms with van der Waals surface area (Å²) in [4.78, 5) is 4.64. The van der Waals surface area contributed by atoms with Gasteiger partial charge in [0.2, 0.25) is 0 Å². The van der Waals surface area contributed by atoms with Crippen molar-refractivity contribution in [1.82, 2.24) is 4.98 Å². The normalized spacial score (nSPS) is 10.9. The highest BCUT2D eigenvalue weighted by molar-refractivity contribution is 7.98. The van der Waals surface area contributed by atoms with Crippen LogP contribution in [0.4, 0.5) is 0 Å². The summed E-state index contributed by atoms with van der Waals surface area (Å²) in [5, 5.41) is 1.29. The molecule has 0 atom stereocenters. The summed E-state index contributed by atoms with van der Waals surface area (Å²) in [5.74, 6) is 0. The van der Waals surface area contributed by atoms with Crippen LogP contribution in [0.25, 0.3) is 10.9 Å². The standard InChI is InChI=1S/C16H15NS/c1-18-15-7-5-12(6-8-15)11-14-4-2-3-13-9-10-17-16(13)14/h2-10,17H,11H2,1H3. The Balaban J connectivity index is 1.93. The Morgan fingerprint density at radius 3 is 2.61 bits per heavy atom. The summed E-state index contributed by atoms with van der Waals surface area (Å²) in [6.45, 7) is 0. The van der Waals surface area contributed by atoms with Gasteiger partial charge < -0.3 is 4.98 Å². The van der Waals surface area contributed by atoms with Crippen LogP contribution in [0.5, 0.6) is 0 Å². The van der Waals surface area contributed by atoms with Gasteiger partial charge in [0, 0.05) is 16.6 Å². The maximum absolute atomic E-state index is 3.33. The number of fused-ring (bicyclic) bond motifs is 1. The van der Waals surface area contributed by atoms with Gasteiger partial charge in [0.05, 0.1) is 0 Å². The molecular formula is C16H15NS. The molecule has 0 spiro atoms. The summed E-state index contributed by atoms with van der Waals surface area (Å²) in [6, 6.07) is 17.4. The number of aromatic amines is 1. The van der Waals surface area contributed by atoms with Gasteiger partial charge in [-0.25, -0.2) is 0 Å². The summed E-state index contributed by atoms with van der Waals surface area (Å²) < 4.78 is 0. The zero-order valence-electron chi connectivity index (χ0n) is 10.3. The summed E-state index contributed by atoms with van der Waals surface area (Å²) >= 11 is 1.78. The van der Waals surface area contributed by atoms with Gasteiger partial charge in [-0.1, -0.05) is 30.3 Å². The van der Waals surface area contributed by atoms with E-state index in [9.17, 15) is 0 Å². The fourth-order valence-corrected chi connectivity index (χ4v) is 2.67. The Bertz CT molecular complexity index is 652. The van der Waals surface area contributed by atoms with Crippen LogP contribution in [0.1, 0.15) is 11.1 Å². The summed E-state index contributed by atoms with van der Waals surface area (Å²) in [6.07, 6.45) is 5.09. The van der Waals surface area contributed by atoms with Gasteiger partial charge >= 0.3 is 0 Å². The summed E-state index contributed by atoms with van der Waals surface area (Å²) in [7, 11) is 0. The van der Waals surface area contributed by atoms with Gasteiger partial charge in [-0.2, -0.15) is 0 Å². The van der Waals surface area contributed by atoms with Gasteiger partial charge in [-0.05, 0) is 47.4 Å². The van der Waals surface area contributed by atoms with E-state index in [1.54, 1.807) is 11.8 Å². The van der Waals surface area contributed by atoms with Crippen LogP contribution in [0.15, 0.2) is 59.6 Å². The van der Waals surface area contributed by atoms with Gasteiger partial charge in [0.1, 0.15) is 0 Å². The number of benzene rings is 2. The molecule has 1 nitrogen and oxygen atoms in total. The molecule has 0 unspecified atom stereocenters. The third-order valence-corrected chi connectivity index (χ3v) is 3.97. The molecule has 2 aromatic carbocycles. The van der Waals surface area contributed by atoms with E-state index < -0.39 is 0 Å². The van der Waals surface area contributed by atoms with E-state index >= 15 is 0 Å². The zero-order chi connectivity index (χ0) is 12.4. The molecule has 3 rings (SSSR count). The highest BCUT2D eigenvalue weighted by Gasteiger charge is 2.03. The van der Waals surface area contributed by atoms with Gasteiger partial charge in [-0.15, -0.1) is 11.8 Å². The maximum atomic E-state index is 3.33. The number of para-hydroxylation sites is 1. The smallest absolute Gasteiger partial charge is 0.0489 e. The number of hydrogen-bond donors (Lipinski definition) is 1. The lowest BCUT2D eigenvalue weighted by molar-refractivity contribution is 1.19. The van der Waals surface area contributed by atoms with Crippen molar-refractivity contribution in [2.45, 2.75) is 11.3 Å². The fraction of sp³-hybridized carbons (Fsp3) is 0.125. The molecule has 0 saturated heterocycles. The second kappa shape index (κ2) is 4.91. The van der Waals surface area contributed by atoms with Crippen LogP contribution in [0.3, 0.4) is 0 Å². The van der Waals surface area contributed by atoms with E-state index in [0.29, 0.717) is 0 Å². The molecule has 18 heavy (non-hydrogen) atoms. The number of aromatic nitrogens is 1. The van der Waals surface area contributed by atoms with Crippen molar-refractivity contribution in [1.29, 1.82) is 0 Å². The first-order chi connectivity index (χ1) is 8.86. The molecule has 0 fully saturated rings. The lowest BCUT2D eigenvalue weighted by Crippen LogP contribution is -1.89. The molecule has 0 aliphatic heterocycles. The van der Waals surface area contributed by atoms with Crippen molar-refractivity contribution in [3.05, 3.63) is 65.9 Å². The van der Waals surface area contributed by atoms with Crippen LogP contribution < -0.4 is 0 Å². The van der Waals surface area contributed by atoms with Gasteiger partial charge in [-0.3, -0.25) is 0 Å². The topological polar surface area (TPSA) is 15.8 Å². The summed E-state index contributed by atoms with van der Waals surface area (Å²) in [5.41, 5.74) is 3.97. The van der Waals surface area contributed by atoms with Crippen LogP contribution in [-0.4, -0.2) is 11.2 Å². The molecular weight excluding hydrogens is 238 g/mol. The minimum Gasteiger partial charge on any atom is -0.361 e. The zero-order valence-corrected chi connectivity index (χ0v) is 11.1. The quantitative estimate of drug-likeness (QED) is 0.680. The van der Waals surface area contributed by atoms with Crippen LogP contribution in [0.2, 0.25) is 0 Å². The SMILES string of the molecule is CSc1ccc(Cc2cccc3cc[nH]c23)cc1. The number of nitrogens with one attached hydrogen (secondary N) is 1. The Morgan fingerprint density at radius 2 is 1.83 bits per heavy atom. The maximum Gasteiger partial charge on any atom is 0.0489 e. The van der Waals surface area contributed by atoms with Crippen molar-refractivity contribution in [2.24, 2.45) is 0 Å². The molecule has 0 saturated carbocycles. The average Bonchev–Trinajstić information content (AvgIpc) is 2.89. The van der Waals surface area contributed by atoms with Crippen molar-refractivity contribution in [2.75, 3.05) is 6.26 Å². The van der Waals surface area contributed by atoms with E-state index in [4.69, 9.17) is 0 Å². The Morgan fingerprint density at radius 1 is 1.00 bits per heavy atom. The lowest BCUT2D eigenvalue weighted by Gasteiger charge is -2.05. The number of rotatable bonds is 3. The highest BCUT2D eigenvalue weighted by Crippen LogP contribution is 2.21.